The number of benzene rings is 1. The van der Waals surface area contributed by atoms with Crippen LogP contribution in [0, 0.1) is 17.8 Å². The van der Waals surface area contributed by atoms with E-state index < -0.39 is 0 Å². The Balaban J connectivity index is 1.63. The maximum Gasteiger partial charge on any atom is 0.316 e. The van der Waals surface area contributed by atoms with Gasteiger partial charge in [0, 0.05) is 18.0 Å². The van der Waals surface area contributed by atoms with Crippen molar-refractivity contribution in [1.82, 2.24) is 9.97 Å². The Morgan fingerprint density at radius 1 is 1.00 bits per heavy atom. The molecular weight excluding hydrogens is 248 g/mol. The van der Waals surface area contributed by atoms with Crippen molar-refractivity contribution in [2.24, 2.45) is 5.92 Å². The molecule has 3 rings (SSSR count). The van der Waals surface area contributed by atoms with E-state index in [1.165, 1.54) is 0 Å². The summed E-state index contributed by atoms with van der Waals surface area (Å²) in [5, 5.41) is 0. The molecule has 100 valence electrons. The zero-order chi connectivity index (χ0) is 13.8. The Kier molecular flexibility index (Phi) is 3.64. The van der Waals surface area contributed by atoms with Gasteiger partial charge in [-0.1, -0.05) is 37.0 Å². The highest BCUT2D eigenvalue weighted by molar-refractivity contribution is 5.40. The van der Waals surface area contributed by atoms with Crippen molar-refractivity contribution in [3.05, 3.63) is 53.9 Å². The second kappa shape index (κ2) is 5.75. The second-order valence-electron chi connectivity index (χ2n) is 5.19. The normalized spacial score (nSPS) is 20.4. The molecule has 1 saturated carbocycles. The van der Waals surface area contributed by atoms with Crippen LogP contribution in [-0.4, -0.2) is 16.1 Å². The highest BCUT2D eigenvalue weighted by Gasteiger charge is 2.27. The summed E-state index contributed by atoms with van der Waals surface area (Å²) in [6.07, 6.45) is 5.89. The third-order valence-electron chi connectivity index (χ3n) is 3.36. The third-order valence-corrected chi connectivity index (χ3v) is 3.36. The van der Waals surface area contributed by atoms with Crippen LogP contribution in [0.25, 0.3) is 0 Å². The van der Waals surface area contributed by atoms with Crippen LogP contribution in [0.1, 0.15) is 30.9 Å². The van der Waals surface area contributed by atoms with Crippen molar-refractivity contribution in [3.63, 3.8) is 0 Å². The van der Waals surface area contributed by atoms with Gasteiger partial charge in [0.25, 0.3) is 0 Å². The monoisotopic (exact) mass is 264 g/mol. The van der Waals surface area contributed by atoms with Crippen LogP contribution in [0.2, 0.25) is 0 Å². The number of aromatic nitrogens is 2. The van der Waals surface area contributed by atoms with Crippen molar-refractivity contribution >= 4 is 0 Å². The molecule has 0 radical (unpaired) electrons. The lowest BCUT2D eigenvalue weighted by molar-refractivity contribution is 0.0648. The molecule has 1 aliphatic rings. The van der Waals surface area contributed by atoms with Crippen LogP contribution in [0.3, 0.4) is 0 Å². The van der Waals surface area contributed by atoms with Gasteiger partial charge in [-0.05, 0) is 30.9 Å². The quantitative estimate of drug-likeness (QED) is 0.782. The van der Waals surface area contributed by atoms with Gasteiger partial charge < -0.3 is 4.74 Å². The van der Waals surface area contributed by atoms with Gasteiger partial charge in [-0.25, -0.2) is 9.97 Å². The Bertz CT molecular complexity index is 620. The van der Waals surface area contributed by atoms with Gasteiger partial charge in [0.1, 0.15) is 6.10 Å². The average Bonchev–Trinajstić information content (AvgIpc) is 2.46. The molecule has 0 unspecified atom stereocenters. The Morgan fingerprint density at radius 2 is 1.65 bits per heavy atom. The molecule has 1 heterocycles. The summed E-state index contributed by atoms with van der Waals surface area (Å²) < 4.78 is 5.67. The molecule has 1 aliphatic carbocycles. The summed E-state index contributed by atoms with van der Waals surface area (Å²) in [4.78, 5) is 8.40. The van der Waals surface area contributed by atoms with Crippen LogP contribution in [0.4, 0.5) is 0 Å². The topological polar surface area (TPSA) is 35.0 Å². The van der Waals surface area contributed by atoms with E-state index in [9.17, 15) is 0 Å². The van der Waals surface area contributed by atoms with E-state index in [4.69, 9.17) is 4.74 Å². The van der Waals surface area contributed by atoms with Gasteiger partial charge in [0.15, 0.2) is 0 Å². The van der Waals surface area contributed by atoms with Crippen molar-refractivity contribution < 1.29 is 4.74 Å². The lowest BCUT2D eigenvalue weighted by atomic mass is 9.84. The Hall–Kier alpha value is -2.34. The molecular formula is C17H16N2O. The first-order valence-electron chi connectivity index (χ1n) is 6.85. The van der Waals surface area contributed by atoms with E-state index in [1.807, 2.05) is 30.3 Å². The SMILES string of the molecule is CC1CC(Oc2ncc(C#Cc3ccccc3)cn2)C1. The molecule has 0 amide bonds. The molecule has 0 spiro atoms. The first kappa shape index (κ1) is 12.7. The predicted molar refractivity (Wildman–Crippen MR) is 77.3 cm³/mol. The molecule has 2 aromatic rings. The lowest BCUT2D eigenvalue weighted by Crippen LogP contribution is -2.32. The van der Waals surface area contributed by atoms with Gasteiger partial charge in [-0.15, -0.1) is 0 Å². The van der Waals surface area contributed by atoms with Crippen LogP contribution in [-0.2, 0) is 0 Å². The smallest absolute Gasteiger partial charge is 0.316 e. The predicted octanol–water partition coefficient (Wildman–Crippen LogP) is 3.05. The molecule has 0 aliphatic heterocycles. The fourth-order valence-corrected chi connectivity index (χ4v) is 2.18. The maximum atomic E-state index is 5.67. The lowest BCUT2D eigenvalue weighted by Gasteiger charge is -2.31. The summed E-state index contributed by atoms with van der Waals surface area (Å²) in [7, 11) is 0. The average molecular weight is 264 g/mol. The van der Waals surface area contributed by atoms with Crippen LogP contribution < -0.4 is 4.74 Å². The first-order chi connectivity index (χ1) is 9.79. The van der Waals surface area contributed by atoms with Gasteiger partial charge in [-0.2, -0.15) is 0 Å². The minimum absolute atomic E-state index is 0.284. The highest BCUT2D eigenvalue weighted by Crippen LogP contribution is 2.29. The highest BCUT2D eigenvalue weighted by atomic mass is 16.5. The van der Waals surface area contributed by atoms with E-state index in [-0.39, 0.29) is 6.10 Å². The first-order valence-corrected chi connectivity index (χ1v) is 6.85. The molecule has 3 nitrogen and oxygen atoms in total. The Labute approximate surface area is 119 Å². The van der Waals surface area contributed by atoms with Crippen molar-refractivity contribution in [2.45, 2.75) is 25.9 Å². The zero-order valence-electron chi connectivity index (χ0n) is 11.4. The standard InChI is InChI=1S/C17H16N2O/c1-13-9-16(10-13)20-17-18-11-15(12-19-17)8-7-14-5-3-2-4-6-14/h2-6,11-13,16H,9-10H2,1H3. The van der Waals surface area contributed by atoms with Crippen LogP contribution >= 0.6 is 0 Å². The minimum Gasteiger partial charge on any atom is -0.460 e. The van der Waals surface area contributed by atoms with Gasteiger partial charge in [-0.3, -0.25) is 0 Å². The van der Waals surface area contributed by atoms with Gasteiger partial charge in [0.2, 0.25) is 0 Å². The third kappa shape index (κ3) is 3.16. The number of nitrogens with zero attached hydrogens (tertiary/aromatic N) is 2. The Morgan fingerprint density at radius 3 is 2.30 bits per heavy atom. The molecule has 1 aromatic heterocycles. The summed E-state index contributed by atoms with van der Waals surface area (Å²) in [6.45, 7) is 2.23. The molecule has 0 atom stereocenters. The molecule has 1 aromatic carbocycles. The molecule has 1 fully saturated rings. The summed E-state index contributed by atoms with van der Waals surface area (Å²) in [5.41, 5.74) is 1.78. The van der Waals surface area contributed by atoms with Crippen LogP contribution in [0.5, 0.6) is 6.01 Å². The number of ether oxygens (including phenoxy) is 1. The molecule has 0 saturated heterocycles. The summed E-state index contributed by atoms with van der Waals surface area (Å²) in [5.74, 6) is 6.88. The largest absolute Gasteiger partial charge is 0.460 e. The zero-order valence-corrected chi connectivity index (χ0v) is 11.4. The molecule has 20 heavy (non-hydrogen) atoms. The minimum atomic E-state index is 0.284. The van der Waals surface area contributed by atoms with Crippen molar-refractivity contribution in [2.75, 3.05) is 0 Å². The van der Waals surface area contributed by atoms with Gasteiger partial charge in [0.05, 0.1) is 5.56 Å². The van der Waals surface area contributed by atoms with E-state index in [2.05, 4.69) is 28.7 Å². The fourth-order valence-electron chi connectivity index (χ4n) is 2.18. The van der Waals surface area contributed by atoms with E-state index in [0.29, 0.717) is 6.01 Å². The number of hydrogen-bond donors (Lipinski definition) is 0. The van der Waals surface area contributed by atoms with E-state index >= 15 is 0 Å². The maximum absolute atomic E-state index is 5.67. The van der Waals surface area contributed by atoms with Crippen molar-refractivity contribution in [3.8, 4) is 17.9 Å². The molecule has 3 heteroatoms. The summed E-state index contributed by atoms with van der Waals surface area (Å²) >= 11 is 0. The van der Waals surface area contributed by atoms with E-state index in [1.54, 1.807) is 12.4 Å². The molecule has 0 N–H and O–H groups in total. The van der Waals surface area contributed by atoms with Crippen LogP contribution in [0.15, 0.2) is 42.7 Å². The number of hydrogen-bond acceptors (Lipinski definition) is 3. The number of rotatable bonds is 2. The van der Waals surface area contributed by atoms with Crippen molar-refractivity contribution in [1.29, 1.82) is 0 Å². The van der Waals surface area contributed by atoms with E-state index in [0.717, 1.165) is 29.9 Å². The second-order valence-corrected chi connectivity index (χ2v) is 5.19. The van der Waals surface area contributed by atoms with Gasteiger partial charge >= 0.3 is 6.01 Å². The fraction of sp³-hybridized carbons (Fsp3) is 0.294. The summed E-state index contributed by atoms with van der Waals surface area (Å²) in [6, 6.07) is 10.3. The molecule has 0 bridgehead atoms.